The number of hydrogen-bond acceptors (Lipinski definition) is 6. The number of nitrogens with zero attached hydrogens (tertiary/aromatic N) is 1. The van der Waals surface area contributed by atoms with E-state index >= 15 is 0 Å². The van der Waals surface area contributed by atoms with E-state index in [1.807, 2.05) is 13.8 Å². The molecule has 3 saturated carbocycles. The van der Waals surface area contributed by atoms with Crippen molar-refractivity contribution in [3.8, 4) is 0 Å². The lowest BCUT2D eigenvalue weighted by atomic mass is 9.81. The van der Waals surface area contributed by atoms with Gasteiger partial charge in [-0.1, -0.05) is 60.0 Å². The van der Waals surface area contributed by atoms with Gasteiger partial charge in [-0.05, 0) is 60.7 Å². The van der Waals surface area contributed by atoms with Crippen LogP contribution in [0.25, 0.3) is 0 Å². The van der Waals surface area contributed by atoms with Crippen LogP contribution in [0, 0.1) is 34.5 Å². The van der Waals surface area contributed by atoms with Crippen molar-refractivity contribution >= 4 is 35.3 Å². The van der Waals surface area contributed by atoms with Crippen LogP contribution in [-0.2, 0) is 24.0 Å². The van der Waals surface area contributed by atoms with Crippen molar-refractivity contribution < 1.29 is 41.9 Å². The highest BCUT2D eigenvalue weighted by molar-refractivity contribution is 6.38. The fourth-order valence-corrected chi connectivity index (χ4v) is 7.70. The third-order valence-electron chi connectivity index (χ3n) is 10.8. The number of Topliss-reactive ketones (excluding diaryl/α,β-unsaturated/α-hetero) is 2. The predicted octanol–water partition coefficient (Wildman–Crippen LogP) is 3.81. The number of urea groups is 1. The van der Waals surface area contributed by atoms with Crippen LogP contribution in [0.4, 0.5) is 18.0 Å². The van der Waals surface area contributed by atoms with E-state index in [2.05, 4.69) is 27.8 Å². The molecule has 0 aromatic carbocycles. The highest BCUT2D eigenvalue weighted by Crippen LogP contribution is 2.65. The lowest BCUT2D eigenvalue weighted by molar-refractivity contribution is -0.148. The molecule has 0 bridgehead atoms. The van der Waals surface area contributed by atoms with Gasteiger partial charge in [0.15, 0.2) is 5.78 Å². The van der Waals surface area contributed by atoms with Crippen LogP contribution in [0.3, 0.4) is 0 Å². The van der Waals surface area contributed by atoms with Gasteiger partial charge in [-0.3, -0.25) is 24.0 Å². The molecule has 0 radical (unpaired) electrons. The van der Waals surface area contributed by atoms with Gasteiger partial charge in [0.25, 0.3) is 5.91 Å². The molecule has 4 rings (SSSR count). The second-order valence-electron chi connectivity index (χ2n) is 15.9. The van der Waals surface area contributed by atoms with E-state index in [9.17, 15) is 41.9 Å². The molecule has 5 amide bonds. The molecule has 0 spiro atoms. The van der Waals surface area contributed by atoms with E-state index in [0.717, 1.165) is 44.9 Å². The molecule has 4 N–H and O–H groups in total. The molecule has 1 aliphatic heterocycles. The Hall–Kier alpha value is -3.45. The molecule has 4 fully saturated rings. The molecule has 6 atom stereocenters. The third-order valence-corrected chi connectivity index (χ3v) is 10.8. The number of amides is 5. The number of carbonyl (C=O) groups is 6. The maximum Gasteiger partial charge on any atom is 0.389 e. The molecule has 11 nitrogen and oxygen atoms in total. The van der Waals surface area contributed by atoms with Crippen LogP contribution >= 0.6 is 0 Å². The standard InChI is InChI=1S/C35H52F3N5O6/c1-7-17-39-30(47)27(45)22(15-16-35(36,37)38)40-29(46)25-23-21(34(23,5)6)18-43(25)31(48)28(33(2,3)4)42-32(49)41-24(26(44)20-13-14-20)19-11-9-8-10-12-19/h7,19-25,28H,1,8-18H2,2-6H3,(H,39,47)(H,40,46)(H2,41,42,49)/t21-,22?,23-,24-,25-,28+/m0/s1. The number of piperidine rings is 1. The van der Waals surface area contributed by atoms with E-state index < -0.39 is 78.1 Å². The Balaban J connectivity index is 1.53. The van der Waals surface area contributed by atoms with Crippen molar-refractivity contribution in [2.75, 3.05) is 13.1 Å². The summed E-state index contributed by atoms with van der Waals surface area (Å²) in [6.07, 6.45) is 0.667. The molecule has 274 valence electrons. The Kier molecular flexibility index (Phi) is 11.6. The van der Waals surface area contributed by atoms with Gasteiger partial charge in [-0.25, -0.2) is 4.79 Å². The fourth-order valence-electron chi connectivity index (χ4n) is 7.70. The van der Waals surface area contributed by atoms with Gasteiger partial charge >= 0.3 is 12.2 Å². The first kappa shape index (κ1) is 38.4. The Morgan fingerprint density at radius 1 is 0.939 bits per heavy atom. The molecule has 3 aliphatic carbocycles. The van der Waals surface area contributed by atoms with E-state index in [1.165, 1.54) is 11.0 Å². The van der Waals surface area contributed by atoms with E-state index in [4.69, 9.17) is 0 Å². The van der Waals surface area contributed by atoms with Crippen molar-refractivity contribution in [3.05, 3.63) is 12.7 Å². The Morgan fingerprint density at radius 3 is 2.12 bits per heavy atom. The van der Waals surface area contributed by atoms with Gasteiger partial charge < -0.3 is 26.2 Å². The van der Waals surface area contributed by atoms with Gasteiger partial charge in [0.05, 0.1) is 12.1 Å². The first-order valence-electron chi connectivity index (χ1n) is 17.5. The lowest BCUT2D eigenvalue weighted by Gasteiger charge is -2.38. The number of alkyl halides is 3. The summed E-state index contributed by atoms with van der Waals surface area (Å²) < 4.78 is 39.6. The minimum atomic E-state index is -4.65. The highest BCUT2D eigenvalue weighted by atomic mass is 19.4. The number of ketones is 2. The SMILES string of the molecule is C=CCNC(=O)C(=O)C(CCC(F)(F)F)NC(=O)[C@@H]1[C@@H]2[C@H](CN1C(=O)[C@@H](NC(=O)N[C@H](C(=O)C1CC1)C1CCCCC1)C(C)(C)C)C2(C)C. The summed E-state index contributed by atoms with van der Waals surface area (Å²) in [6.45, 7) is 12.6. The van der Waals surface area contributed by atoms with Crippen LogP contribution in [0.5, 0.6) is 0 Å². The summed E-state index contributed by atoms with van der Waals surface area (Å²) >= 11 is 0. The summed E-state index contributed by atoms with van der Waals surface area (Å²) in [5.41, 5.74) is -1.21. The Bertz CT molecular complexity index is 1320. The molecule has 14 heteroatoms. The molecule has 0 aromatic rings. The monoisotopic (exact) mass is 695 g/mol. The summed E-state index contributed by atoms with van der Waals surface area (Å²) in [5, 5.41) is 10.3. The minimum absolute atomic E-state index is 0.0178. The highest BCUT2D eigenvalue weighted by Gasteiger charge is 2.70. The van der Waals surface area contributed by atoms with E-state index in [1.54, 1.807) is 20.8 Å². The molecular formula is C35H52F3N5O6. The molecule has 0 aromatic heterocycles. The minimum Gasteiger partial charge on any atom is -0.346 e. The first-order chi connectivity index (χ1) is 22.8. The van der Waals surface area contributed by atoms with Crippen molar-refractivity contribution in [3.63, 3.8) is 0 Å². The predicted molar refractivity (Wildman–Crippen MR) is 175 cm³/mol. The number of halogens is 3. The zero-order valence-electron chi connectivity index (χ0n) is 29.2. The fraction of sp³-hybridized carbons (Fsp3) is 0.771. The molecule has 4 aliphatic rings. The number of rotatable bonds is 14. The number of carbonyl (C=O) groups excluding carboxylic acids is 6. The summed E-state index contributed by atoms with van der Waals surface area (Å²) in [7, 11) is 0. The van der Waals surface area contributed by atoms with Crippen LogP contribution in [0.1, 0.15) is 92.4 Å². The Labute approximate surface area is 286 Å². The second-order valence-corrected chi connectivity index (χ2v) is 15.9. The second kappa shape index (κ2) is 14.8. The van der Waals surface area contributed by atoms with Crippen LogP contribution in [0.15, 0.2) is 12.7 Å². The van der Waals surface area contributed by atoms with Crippen molar-refractivity contribution in [1.82, 2.24) is 26.2 Å². The van der Waals surface area contributed by atoms with Crippen molar-refractivity contribution in [2.45, 2.75) is 123 Å². The van der Waals surface area contributed by atoms with Crippen LogP contribution < -0.4 is 21.3 Å². The molecule has 1 unspecified atom stereocenters. The maximum absolute atomic E-state index is 14.3. The lowest BCUT2D eigenvalue weighted by Crippen LogP contribution is -2.62. The van der Waals surface area contributed by atoms with Crippen LogP contribution in [-0.4, -0.2) is 83.7 Å². The largest absolute Gasteiger partial charge is 0.389 e. The Morgan fingerprint density at radius 2 is 1.57 bits per heavy atom. The summed E-state index contributed by atoms with van der Waals surface area (Å²) in [4.78, 5) is 81.6. The van der Waals surface area contributed by atoms with Gasteiger partial charge in [0, 0.05) is 25.4 Å². The van der Waals surface area contributed by atoms with Crippen molar-refractivity contribution in [1.29, 1.82) is 0 Å². The summed E-state index contributed by atoms with van der Waals surface area (Å²) in [5.74, 6) is -4.28. The average Bonchev–Trinajstić information content (AvgIpc) is 3.91. The average molecular weight is 696 g/mol. The summed E-state index contributed by atoms with van der Waals surface area (Å²) in [6, 6.07) is -5.37. The third kappa shape index (κ3) is 9.22. The molecular weight excluding hydrogens is 643 g/mol. The van der Waals surface area contributed by atoms with Gasteiger partial charge in [0.1, 0.15) is 12.1 Å². The molecule has 1 saturated heterocycles. The molecule has 1 heterocycles. The topological polar surface area (TPSA) is 154 Å². The normalized spacial score (nSPS) is 25.2. The zero-order chi connectivity index (χ0) is 36.5. The van der Waals surface area contributed by atoms with E-state index in [-0.39, 0.29) is 48.0 Å². The van der Waals surface area contributed by atoms with Gasteiger partial charge in [0.2, 0.25) is 17.6 Å². The first-order valence-corrected chi connectivity index (χ1v) is 17.5. The smallest absolute Gasteiger partial charge is 0.346 e. The number of fused-ring (bicyclic) bond motifs is 1. The number of hydrogen-bond donors (Lipinski definition) is 4. The van der Waals surface area contributed by atoms with Gasteiger partial charge in [-0.15, -0.1) is 6.58 Å². The van der Waals surface area contributed by atoms with Crippen molar-refractivity contribution in [2.24, 2.45) is 34.5 Å². The molecule has 49 heavy (non-hydrogen) atoms. The number of likely N-dealkylation sites (tertiary alicyclic amines) is 1. The van der Waals surface area contributed by atoms with E-state index in [0.29, 0.717) is 0 Å². The van der Waals surface area contributed by atoms with Crippen LogP contribution in [0.2, 0.25) is 0 Å². The quantitative estimate of drug-likeness (QED) is 0.160. The number of nitrogens with one attached hydrogen (secondary N) is 4. The van der Waals surface area contributed by atoms with Gasteiger partial charge in [-0.2, -0.15) is 13.2 Å². The maximum atomic E-state index is 14.3. The zero-order valence-corrected chi connectivity index (χ0v) is 29.2.